The summed E-state index contributed by atoms with van der Waals surface area (Å²) in [6, 6.07) is 16.8. The summed E-state index contributed by atoms with van der Waals surface area (Å²) in [4.78, 5) is 0. The Hall–Kier alpha value is -2.31. The Morgan fingerprint density at radius 1 is 1.20 bits per heavy atom. The maximum Gasteiger partial charge on any atom is 0.122 e. The average Bonchev–Trinajstić information content (AvgIpc) is 2.47. The first-order chi connectivity index (χ1) is 9.56. The van der Waals surface area contributed by atoms with Crippen LogP contribution in [-0.4, -0.2) is 12.2 Å². The lowest BCUT2D eigenvalue weighted by Crippen LogP contribution is -2.24. The number of nitrogens with zero attached hydrogens (tertiary/aromatic N) is 1. The van der Waals surface area contributed by atoms with E-state index in [0.717, 1.165) is 16.9 Å². The summed E-state index contributed by atoms with van der Waals surface area (Å²) in [6.07, 6.45) is 0.423. The molecule has 2 aromatic carbocycles. The number of methoxy groups -OCH3 is 1. The highest BCUT2D eigenvalue weighted by atomic mass is 16.5. The molecule has 2 aromatic rings. The first-order valence-electron chi connectivity index (χ1n) is 6.42. The van der Waals surface area contributed by atoms with Gasteiger partial charge in [0.2, 0.25) is 0 Å². The molecule has 0 aliphatic heterocycles. The molecule has 2 rings (SSSR count). The highest BCUT2D eigenvalue weighted by Gasteiger charge is 2.25. The van der Waals surface area contributed by atoms with E-state index in [1.54, 1.807) is 32.2 Å². The average molecular weight is 267 g/mol. The van der Waals surface area contributed by atoms with Gasteiger partial charge in [0.1, 0.15) is 5.75 Å². The van der Waals surface area contributed by atoms with Gasteiger partial charge in [-0.2, -0.15) is 5.26 Å². The summed E-state index contributed by atoms with van der Waals surface area (Å²) in [5, 5.41) is 19.7. The van der Waals surface area contributed by atoms with E-state index in [4.69, 9.17) is 10.00 Å². The van der Waals surface area contributed by atoms with E-state index >= 15 is 0 Å². The Labute approximate surface area is 119 Å². The molecule has 0 heterocycles. The van der Waals surface area contributed by atoms with Crippen molar-refractivity contribution in [2.45, 2.75) is 18.9 Å². The number of benzene rings is 2. The number of aliphatic hydroxyl groups is 1. The van der Waals surface area contributed by atoms with Crippen LogP contribution in [0.3, 0.4) is 0 Å². The van der Waals surface area contributed by atoms with E-state index in [9.17, 15) is 5.11 Å². The van der Waals surface area contributed by atoms with Crippen molar-refractivity contribution in [1.29, 1.82) is 5.26 Å². The largest absolute Gasteiger partial charge is 0.496 e. The second kappa shape index (κ2) is 5.77. The van der Waals surface area contributed by atoms with Gasteiger partial charge in [-0.05, 0) is 36.2 Å². The van der Waals surface area contributed by atoms with Crippen molar-refractivity contribution in [2.24, 2.45) is 0 Å². The van der Waals surface area contributed by atoms with Crippen LogP contribution in [0.2, 0.25) is 0 Å². The monoisotopic (exact) mass is 267 g/mol. The molecule has 0 aliphatic rings. The fourth-order valence-electron chi connectivity index (χ4n) is 2.25. The van der Waals surface area contributed by atoms with Crippen molar-refractivity contribution in [3.05, 3.63) is 65.2 Å². The Bertz CT molecular complexity index is 641. The van der Waals surface area contributed by atoms with Gasteiger partial charge in [0.05, 0.1) is 24.3 Å². The fraction of sp³-hybridized carbons (Fsp3) is 0.235. The summed E-state index contributed by atoms with van der Waals surface area (Å²) >= 11 is 0. The fourth-order valence-corrected chi connectivity index (χ4v) is 2.25. The summed E-state index contributed by atoms with van der Waals surface area (Å²) in [5.74, 6) is 0.754. The molecule has 102 valence electrons. The third-order valence-corrected chi connectivity index (χ3v) is 3.34. The summed E-state index contributed by atoms with van der Waals surface area (Å²) in [6.45, 7) is 1.75. The topological polar surface area (TPSA) is 53.2 Å². The molecular weight excluding hydrogens is 250 g/mol. The first-order valence-corrected chi connectivity index (χ1v) is 6.42. The van der Waals surface area contributed by atoms with Crippen LogP contribution >= 0.6 is 0 Å². The van der Waals surface area contributed by atoms with Crippen LogP contribution in [0.25, 0.3) is 0 Å². The van der Waals surface area contributed by atoms with Gasteiger partial charge in [0, 0.05) is 6.42 Å². The molecule has 1 N–H and O–H groups in total. The van der Waals surface area contributed by atoms with Gasteiger partial charge >= 0.3 is 0 Å². The van der Waals surface area contributed by atoms with Crippen LogP contribution in [0.15, 0.2) is 48.5 Å². The summed E-state index contributed by atoms with van der Waals surface area (Å²) in [5.41, 5.74) is 1.15. The van der Waals surface area contributed by atoms with E-state index < -0.39 is 5.60 Å². The maximum absolute atomic E-state index is 10.7. The quantitative estimate of drug-likeness (QED) is 0.926. The van der Waals surface area contributed by atoms with Crippen molar-refractivity contribution in [1.82, 2.24) is 0 Å². The third-order valence-electron chi connectivity index (χ3n) is 3.34. The Kier molecular flexibility index (Phi) is 4.07. The number of rotatable bonds is 4. The van der Waals surface area contributed by atoms with Gasteiger partial charge in [0.15, 0.2) is 0 Å². The molecule has 0 aliphatic carbocycles. The van der Waals surface area contributed by atoms with Gasteiger partial charge in [-0.15, -0.1) is 0 Å². The third kappa shape index (κ3) is 2.98. The van der Waals surface area contributed by atoms with E-state index in [1.807, 2.05) is 30.3 Å². The number of hydrogen-bond acceptors (Lipinski definition) is 3. The minimum atomic E-state index is -1.05. The van der Waals surface area contributed by atoms with Crippen LogP contribution in [-0.2, 0) is 12.0 Å². The lowest BCUT2D eigenvalue weighted by atomic mass is 9.88. The van der Waals surface area contributed by atoms with Gasteiger partial charge in [0.25, 0.3) is 0 Å². The van der Waals surface area contributed by atoms with Gasteiger partial charge in [-0.3, -0.25) is 0 Å². The van der Waals surface area contributed by atoms with Crippen LogP contribution in [0, 0.1) is 11.3 Å². The molecule has 1 unspecified atom stereocenters. The van der Waals surface area contributed by atoms with Crippen LogP contribution < -0.4 is 4.74 Å². The number of hydrogen-bond donors (Lipinski definition) is 1. The van der Waals surface area contributed by atoms with E-state index in [2.05, 4.69) is 6.07 Å². The molecule has 0 radical (unpaired) electrons. The molecule has 3 heteroatoms. The van der Waals surface area contributed by atoms with Crippen molar-refractivity contribution in [2.75, 3.05) is 7.11 Å². The smallest absolute Gasteiger partial charge is 0.122 e. The molecule has 0 amide bonds. The number of ether oxygens (including phenoxy) is 1. The lowest BCUT2D eigenvalue weighted by molar-refractivity contribution is 0.0569. The molecule has 0 spiro atoms. The number of para-hydroxylation sites is 1. The van der Waals surface area contributed by atoms with Crippen molar-refractivity contribution >= 4 is 0 Å². The van der Waals surface area contributed by atoms with Crippen LogP contribution in [0.1, 0.15) is 23.6 Å². The van der Waals surface area contributed by atoms with Crippen molar-refractivity contribution in [3.63, 3.8) is 0 Å². The molecule has 1 atom stereocenters. The minimum Gasteiger partial charge on any atom is -0.496 e. The molecule has 0 bridgehead atoms. The second-order valence-corrected chi connectivity index (χ2v) is 4.96. The molecule has 3 nitrogen and oxygen atoms in total. The van der Waals surface area contributed by atoms with E-state index in [-0.39, 0.29) is 0 Å². The van der Waals surface area contributed by atoms with Crippen LogP contribution in [0.5, 0.6) is 5.75 Å². The maximum atomic E-state index is 10.7. The standard InChI is InChI=1S/C17H17NO2/c1-17(19,15-8-5-6-13(10-15)12-18)11-14-7-3-4-9-16(14)20-2/h3-10,19H,11H2,1-2H3. The highest BCUT2D eigenvalue weighted by molar-refractivity contribution is 5.39. The predicted molar refractivity (Wildman–Crippen MR) is 77.4 cm³/mol. The van der Waals surface area contributed by atoms with E-state index in [1.165, 1.54) is 0 Å². The molecule has 0 aromatic heterocycles. The zero-order valence-corrected chi connectivity index (χ0v) is 11.6. The normalized spacial score (nSPS) is 13.3. The Morgan fingerprint density at radius 3 is 2.65 bits per heavy atom. The highest BCUT2D eigenvalue weighted by Crippen LogP contribution is 2.29. The SMILES string of the molecule is COc1ccccc1CC(C)(O)c1cccc(C#N)c1. The summed E-state index contributed by atoms with van der Waals surface area (Å²) in [7, 11) is 1.61. The first kappa shape index (κ1) is 14.1. The molecule has 20 heavy (non-hydrogen) atoms. The second-order valence-electron chi connectivity index (χ2n) is 4.96. The minimum absolute atomic E-state index is 0.423. The van der Waals surface area contributed by atoms with Crippen molar-refractivity contribution in [3.8, 4) is 11.8 Å². The van der Waals surface area contributed by atoms with Gasteiger partial charge in [-0.1, -0.05) is 30.3 Å². The Balaban J connectivity index is 2.33. The molecule has 0 saturated heterocycles. The van der Waals surface area contributed by atoms with Crippen molar-refractivity contribution < 1.29 is 9.84 Å². The molecular formula is C17H17NO2. The van der Waals surface area contributed by atoms with Crippen LogP contribution in [0.4, 0.5) is 0 Å². The van der Waals surface area contributed by atoms with Gasteiger partial charge < -0.3 is 9.84 Å². The zero-order valence-electron chi connectivity index (χ0n) is 11.6. The summed E-state index contributed by atoms with van der Waals surface area (Å²) < 4.78 is 5.31. The molecule has 0 saturated carbocycles. The molecule has 0 fully saturated rings. The zero-order chi connectivity index (χ0) is 14.6. The Morgan fingerprint density at radius 2 is 1.95 bits per heavy atom. The van der Waals surface area contributed by atoms with Gasteiger partial charge in [-0.25, -0.2) is 0 Å². The predicted octanol–water partition coefficient (Wildman–Crippen LogP) is 3.02. The van der Waals surface area contributed by atoms with E-state index in [0.29, 0.717) is 12.0 Å². The lowest BCUT2D eigenvalue weighted by Gasteiger charge is -2.25. The number of nitriles is 1.